The highest BCUT2D eigenvalue weighted by Crippen LogP contribution is 2.26. The van der Waals surface area contributed by atoms with Gasteiger partial charge in [-0.05, 0) is 11.6 Å². The lowest BCUT2D eigenvalue weighted by molar-refractivity contribution is 0.398. The molecule has 3 rings (SSSR count). The number of hydrogen-bond donors (Lipinski definition) is 2. The van der Waals surface area contributed by atoms with Crippen LogP contribution in [0.5, 0.6) is 5.88 Å². The van der Waals surface area contributed by atoms with E-state index in [9.17, 15) is 4.21 Å². The molecule has 0 fully saturated rings. The van der Waals surface area contributed by atoms with E-state index >= 15 is 0 Å². The van der Waals surface area contributed by atoms with E-state index in [-0.39, 0.29) is 5.75 Å². The topological polar surface area (TPSA) is 111 Å². The number of anilines is 1. The van der Waals surface area contributed by atoms with Crippen LogP contribution in [0, 0.1) is 0 Å². The molecule has 0 amide bonds. The second-order valence-electron chi connectivity index (χ2n) is 5.24. The van der Waals surface area contributed by atoms with E-state index in [1.54, 1.807) is 37.7 Å². The van der Waals surface area contributed by atoms with Crippen LogP contribution >= 0.6 is 0 Å². The molecule has 1 atom stereocenters. The van der Waals surface area contributed by atoms with Crippen molar-refractivity contribution in [2.75, 3.05) is 12.8 Å². The van der Waals surface area contributed by atoms with Crippen molar-refractivity contribution in [1.29, 1.82) is 0 Å². The van der Waals surface area contributed by atoms with Crippen molar-refractivity contribution in [2.24, 2.45) is 0 Å². The van der Waals surface area contributed by atoms with Gasteiger partial charge in [0, 0.05) is 23.4 Å². The van der Waals surface area contributed by atoms with Crippen molar-refractivity contribution in [2.45, 2.75) is 5.75 Å². The summed E-state index contributed by atoms with van der Waals surface area (Å²) >= 11 is -1.86. The van der Waals surface area contributed by atoms with E-state index in [1.165, 1.54) is 0 Å². The molecule has 0 aliphatic heterocycles. The minimum atomic E-state index is -1.86. The highest BCUT2D eigenvalue weighted by Gasteiger charge is 2.10. The highest BCUT2D eigenvalue weighted by molar-refractivity contribution is 7.78. The van der Waals surface area contributed by atoms with E-state index in [0.29, 0.717) is 23.1 Å². The van der Waals surface area contributed by atoms with Gasteiger partial charge in [0.05, 0.1) is 24.8 Å². The SMILES string of the molecule is COc1ccc(-c2nc(-c3ccc(CS(=O)O)cc3)cnc2N)cn1. The number of benzene rings is 1. The molecule has 1 aromatic carbocycles. The summed E-state index contributed by atoms with van der Waals surface area (Å²) < 4.78 is 24.9. The Balaban J connectivity index is 1.94. The van der Waals surface area contributed by atoms with E-state index < -0.39 is 11.1 Å². The third kappa shape index (κ3) is 3.98. The zero-order valence-corrected chi connectivity index (χ0v) is 14.2. The molecule has 7 nitrogen and oxygen atoms in total. The lowest BCUT2D eigenvalue weighted by Crippen LogP contribution is -1.99. The molecule has 128 valence electrons. The van der Waals surface area contributed by atoms with Crippen molar-refractivity contribution in [3.05, 3.63) is 54.4 Å². The number of rotatable bonds is 5. The second kappa shape index (κ2) is 7.37. The Labute approximate surface area is 147 Å². The monoisotopic (exact) mass is 356 g/mol. The van der Waals surface area contributed by atoms with Crippen molar-refractivity contribution in [3.63, 3.8) is 0 Å². The van der Waals surface area contributed by atoms with E-state index in [1.807, 2.05) is 18.2 Å². The highest BCUT2D eigenvalue weighted by atomic mass is 32.2. The number of nitrogen functional groups attached to an aromatic ring is 1. The van der Waals surface area contributed by atoms with Crippen LogP contribution in [0.3, 0.4) is 0 Å². The summed E-state index contributed by atoms with van der Waals surface area (Å²) in [7, 11) is 1.55. The fourth-order valence-electron chi connectivity index (χ4n) is 2.31. The number of aromatic nitrogens is 3. The molecule has 0 radical (unpaired) electrons. The van der Waals surface area contributed by atoms with Crippen LogP contribution in [0.2, 0.25) is 0 Å². The molecule has 0 aliphatic rings. The summed E-state index contributed by atoms with van der Waals surface area (Å²) in [5.41, 5.74) is 9.48. The van der Waals surface area contributed by atoms with E-state index in [2.05, 4.69) is 15.0 Å². The van der Waals surface area contributed by atoms with Gasteiger partial charge in [-0.25, -0.2) is 19.2 Å². The smallest absolute Gasteiger partial charge is 0.212 e. The number of nitrogens with zero attached hydrogens (tertiary/aromatic N) is 3. The van der Waals surface area contributed by atoms with Gasteiger partial charge in [-0.3, -0.25) is 0 Å². The Hall–Kier alpha value is -2.84. The Kier molecular flexibility index (Phi) is 5.01. The van der Waals surface area contributed by atoms with Gasteiger partial charge < -0.3 is 15.0 Å². The molecule has 0 aliphatic carbocycles. The van der Waals surface area contributed by atoms with Crippen LogP contribution in [0.4, 0.5) is 5.82 Å². The molecule has 3 N–H and O–H groups in total. The predicted octanol–water partition coefficient (Wildman–Crippen LogP) is 2.52. The molecule has 0 bridgehead atoms. The van der Waals surface area contributed by atoms with Crippen molar-refractivity contribution < 1.29 is 13.5 Å². The lowest BCUT2D eigenvalue weighted by atomic mass is 10.1. The molecular weight excluding hydrogens is 340 g/mol. The first-order valence-electron chi connectivity index (χ1n) is 7.36. The number of nitrogens with two attached hydrogens (primary N) is 1. The van der Waals surface area contributed by atoms with Crippen molar-refractivity contribution >= 4 is 16.9 Å². The van der Waals surface area contributed by atoms with Crippen molar-refractivity contribution in [3.8, 4) is 28.4 Å². The average molecular weight is 356 g/mol. The average Bonchev–Trinajstić information content (AvgIpc) is 2.62. The van der Waals surface area contributed by atoms with Crippen LogP contribution in [0.1, 0.15) is 5.56 Å². The summed E-state index contributed by atoms with van der Waals surface area (Å²) in [6.45, 7) is 0. The lowest BCUT2D eigenvalue weighted by Gasteiger charge is -2.08. The molecule has 2 heterocycles. The predicted molar refractivity (Wildman–Crippen MR) is 96.1 cm³/mol. The van der Waals surface area contributed by atoms with E-state index in [4.69, 9.17) is 15.0 Å². The first-order valence-corrected chi connectivity index (χ1v) is 8.64. The summed E-state index contributed by atoms with van der Waals surface area (Å²) in [6.07, 6.45) is 3.22. The number of hydrogen-bond acceptors (Lipinski definition) is 6. The van der Waals surface area contributed by atoms with Gasteiger partial charge >= 0.3 is 0 Å². The maximum Gasteiger partial charge on any atom is 0.212 e. The Bertz CT molecular complexity index is 899. The van der Waals surface area contributed by atoms with Crippen LogP contribution in [-0.2, 0) is 16.8 Å². The normalized spacial score (nSPS) is 11.9. The first-order chi connectivity index (χ1) is 12.1. The summed E-state index contributed by atoms with van der Waals surface area (Å²) in [4.78, 5) is 13.0. The number of ether oxygens (including phenoxy) is 1. The summed E-state index contributed by atoms with van der Waals surface area (Å²) in [5.74, 6) is 0.905. The first kappa shape index (κ1) is 17.0. The molecule has 0 spiro atoms. The standard InChI is InChI=1S/C17H16N4O3S/c1-24-15-7-6-13(8-19-15)16-17(18)20-9-14(21-16)12-4-2-11(3-5-12)10-25(22)23/h2-9H,10H2,1H3,(H2,18,20)(H,22,23). The molecule has 3 aromatic rings. The molecule has 2 aromatic heterocycles. The minimum Gasteiger partial charge on any atom is -0.481 e. The number of pyridine rings is 1. The van der Waals surface area contributed by atoms with Gasteiger partial charge in [0.1, 0.15) is 11.5 Å². The van der Waals surface area contributed by atoms with Gasteiger partial charge in [0.2, 0.25) is 5.88 Å². The van der Waals surface area contributed by atoms with Gasteiger partial charge in [-0.2, -0.15) is 0 Å². The third-order valence-electron chi connectivity index (χ3n) is 3.56. The maximum absolute atomic E-state index is 10.9. The van der Waals surface area contributed by atoms with Gasteiger partial charge in [0.15, 0.2) is 11.1 Å². The molecule has 0 saturated heterocycles. The molecule has 1 unspecified atom stereocenters. The molecule has 25 heavy (non-hydrogen) atoms. The van der Waals surface area contributed by atoms with Crippen LogP contribution in [0.25, 0.3) is 22.5 Å². The van der Waals surface area contributed by atoms with E-state index in [0.717, 1.165) is 16.7 Å². The zero-order valence-electron chi connectivity index (χ0n) is 13.4. The summed E-state index contributed by atoms with van der Waals surface area (Å²) in [5, 5.41) is 0. The molecular formula is C17H16N4O3S. The summed E-state index contributed by atoms with van der Waals surface area (Å²) in [6, 6.07) is 10.8. The zero-order chi connectivity index (χ0) is 17.8. The molecule has 0 saturated carbocycles. The fourth-order valence-corrected chi connectivity index (χ4v) is 2.78. The van der Waals surface area contributed by atoms with Gasteiger partial charge in [0.25, 0.3) is 0 Å². The Morgan fingerprint density at radius 2 is 1.80 bits per heavy atom. The van der Waals surface area contributed by atoms with Crippen LogP contribution < -0.4 is 10.5 Å². The van der Waals surface area contributed by atoms with Gasteiger partial charge in [-0.1, -0.05) is 24.3 Å². The third-order valence-corrected chi connectivity index (χ3v) is 4.14. The van der Waals surface area contributed by atoms with Crippen molar-refractivity contribution in [1.82, 2.24) is 15.0 Å². The minimum absolute atomic E-state index is 0.0937. The van der Waals surface area contributed by atoms with Crippen LogP contribution in [0.15, 0.2) is 48.8 Å². The number of methoxy groups -OCH3 is 1. The maximum atomic E-state index is 10.9. The quantitative estimate of drug-likeness (QED) is 0.676. The van der Waals surface area contributed by atoms with Crippen LogP contribution in [-0.4, -0.2) is 30.8 Å². The fraction of sp³-hybridized carbons (Fsp3) is 0.118. The molecule has 8 heteroatoms. The largest absolute Gasteiger partial charge is 0.481 e. The van der Waals surface area contributed by atoms with Gasteiger partial charge in [-0.15, -0.1) is 0 Å². The Morgan fingerprint density at radius 3 is 2.40 bits per heavy atom. The second-order valence-corrected chi connectivity index (χ2v) is 6.17. The Morgan fingerprint density at radius 1 is 1.08 bits per heavy atom.